The van der Waals surface area contributed by atoms with Crippen LogP contribution >= 0.6 is 0 Å². The van der Waals surface area contributed by atoms with Crippen molar-refractivity contribution in [3.63, 3.8) is 0 Å². The first-order valence-electron chi connectivity index (χ1n) is 15.8. The molecule has 5 nitrogen and oxygen atoms in total. The summed E-state index contributed by atoms with van der Waals surface area (Å²) in [7, 11) is 0. The summed E-state index contributed by atoms with van der Waals surface area (Å²) in [4.78, 5) is 9.66. The number of pyridine rings is 2. The van der Waals surface area contributed by atoms with Gasteiger partial charge in [-0.2, -0.15) is 0 Å². The SMILES string of the molecule is c1ccc(-n2ccc3cc4c(cc32)c2ccc3c5ccccc5n(-c5ccccc5)c3c2n4-c2cccc(-c3cccnc3)n2)cc1. The van der Waals surface area contributed by atoms with E-state index < -0.39 is 0 Å². The Bertz CT molecular complexity index is 2770. The van der Waals surface area contributed by atoms with Crippen LogP contribution in [0.2, 0.25) is 0 Å². The summed E-state index contributed by atoms with van der Waals surface area (Å²) >= 11 is 0. The maximum Gasteiger partial charge on any atom is 0.138 e. The fraction of sp³-hybridized carbons (Fsp3) is 0. The average Bonchev–Trinajstić information content (AvgIpc) is 3.81. The van der Waals surface area contributed by atoms with Crippen LogP contribution in [-0.2, 0) is 0 Å². The van der Waals surface area contributed by atoms with Crippen LogP contribution < -0.4 is 0 Å². The van der Waals surface area contributed by atoms with Crippen LogP contribution in [-0.4, -0.2) is 23.7 Å². The van der Waals surface area contributed by atoms with Gasteiger partial charge in [-0.25, -0.2) is 4.98 Å². The Hall–Kier alpha value is -6.46. The second kappa shape index (κ2) is 10.0. The maximum absolute atomic E-state index is 5.29. The largest absolute Gasteiger partial charge is 0.317 e. The van der Waals surface area contributed by atoms with Crippen LogP contribution in [0, 0.1) is 0 Å². The summed E-state index contributed by atoms with van der Waals surface area (Å²) in [6.45, 7) is 0. The Morgan fingerprint density at radius 2 is 1.21 bits per heavy atom. The Kier molecular flexibility index (Phi) is 5.51. The third-order valence-corrected chi connectivity index (χ3v) is 9.34. The Balaban J connectivity index is 1.39. The van der Waals surface area contributed by atoms with E-state index >= 15 is 0 Å². The van der Waals surface area contributed by atoms with E-state index in [1.165, 1.54) is 38.0 Å². The number of rotatable bonds is 4. The van der Waals surface area contributed by atoms with E-state index in [2.05, 4.69) is 164 Å². The highest BCUT2D eigenvalue weighted by molar-refractivity contribution is 6.24. The normalized spacial score (nSPS) is 11.8. The van der Waals surface area contributed by atoms with Crippen molar-refractivity contribution in [1.82, 2.24) is 23.7 Å². The molecule has 0 bridgehead atoms. The molecule has 10 aromatic rings. The first kappa shape index (κ1) is 25.8. The van der Waals surface area contributed by atoms with E-state index in [9.17, 15) is 0 Å². The lowest BCUT2D eigenvalue weighted by atomic mass is 10.1. The fourth-order valence-corrected chi connectivity index (χ4v) is 7.30. The number of para-hydroxylation sites is 3. The highest BCUT2D eigenvalue weighted by Gasteiger charge is 2.22. The summed E-state index contributed by atoms with van der Waals surface area (Å²) in [6, 6.07) is 51.7. The zero-order valence-corrected chi connectivity index (χ0v) is 25.3. The van der Waals surface area contributed by atoms with Gasteiger partial charge in [0.15, 0.2) is 0 Å². The zero-order valence-electron chi connectivity index (χ0n) is 25.3. The molecule has 0 aliphatic rings. The molecular weight excluding hydrogens is 574 g/mol. The van der Waals surface area contributed by atoms with Crippen LogP contribution in [0.25, 0.3) is 83.0 Å². The third kappa shape index (κ3) is 3.83. The molecule has 0 radical (unpaired) electrons. The molecule has 0 saturated carbocycles. The van der Waals surface area contributed by atoms with Crippen LogP contribution in [0.5, 0.6) is 0 Å². The molecule has 0 N–H and O–H groups in total. The number of nitrogens with zero attached hydrogens (tertiary/aromatic N) is 5. The molecule has 0 amide bonds. The van der Waals surface area contributed by atoms with Gasteiger partial charge in [-0.05, 0) is 72.8 Å². The molecule has 0 spiro atoms. The molecule has 5 heteroatoms. The van der Waals surface area contributed by atoms with E-state index in [1.807, 2.05) is 12.3 Å². The van der Waals surface area contributed by atoms with Gasteiger partial charge in [0.25, 0.3) is 0 Å². The number of hydrogen-bond donors (Lipinski definition) is 0. The molecule has 220 valence electrons. The predicted molar refractivity (Wildman–Crippen MR) is 193 cm³/mol. The van der Waals surface area contributed by atoms with E-state index in [0.29, 0.717) is 0 Å². The van der Waals surface area contributed by atoms with E-state index in [0.717, 1.165) is 45.0 Å². The second-order valence-electron chi connectivity index (χ2n) is 12.0. The second-order valence-corrected chi connectivity index (χ2v) is 12.0. The minimum atomic E-state index is 0.866. The minimum absolute atomic E-state index is 0.866. The van der Waals surface area contributed by atoms with Crippen molar-refractivity contribution in [2.24, 2.45) is 0 Å². The Labute approximate surface area is 270 Å². The van der Waals surface area contributed by atoms with Gasteiger partial charge in [0.05, 0.1) is 33.3 Å². The zero-order chi connectivity index (χ0) is 30.9. The monoisotopic (exact) mass is 601 g/mol. The summed E-state index contributed by atoms with van der Waals surface area (Å²) < 4.78 is 7.06. The first-order valence-corrected chi connectivity index (χ1v) is 15.8. The van der Waals surface area contributed by atoms with Gasteiger partial charge >= 0.3 is 0 Å². The van der Waals surface area contributed by atoms with Crippen LogP contribution in [0.1, 0.15) is 0 Å². The standard InChI is InChI=1S/C42H27N5/c1-3-12-30(13-4-1)45-24-22-28-25-39-35(26-38(28)45)34-21-20-33-32-16-7-8-18-37(32)46(31-14-5-2-6-15-31)41(33)42(34)47(39)40-19-9-17-36(44-40)29-11-10-23-43-27-29/h1-27H. The average molecular weight is 602 g/mol. The van der Waals surface area contributed by atoms with Crippen molar-refractivity contribution < 1.29 is 0 Å². The quantitative estimate of drug-likeness (QED) is 0.201. The lowest BCUT2D eigenvalue weighted by Crippen LogP contribution is -2.01. The maximum atomic E-state index is 5.29. The van der Waals surface area contributed by atoms with Gasteiger partial charge in [-0.3, -0.25) is 9.55 Å². The molecule has 5 aromatic heterocycles. The molecule has 5 aromatic carbocycles. The van der Waals surface area contributed by atoms with Gasteiger partial charge in [0, 0.05) is 62.5 Å². The van der Waals surface area contributed by atoms with Gasteiger partial charge in [0.1, 0.15) is 5.82 Å². The van der Waals surface area contributed by atoms with Crippen molar-refractivity contribution in [3.05, 3.63) is 164 Å². The van der Waals surface area contributed by atoms with Crippen LogP contribution in [0.4, 0.5) is 0 Å². The molecule has 5 heterocycles. The van der Waals surface area contributed by atoms with Crippen LogP contribution in [0.15, 0.2) is 164 Å². The third-order valence-electron chi connectivity index (χ3n) is 9.34. The Morgan fingerprint density at radius 3 is 2.02 bits per heavy atom. The van der Waals surface area contributed by atoms with Gasteiger partial charge < -0.3 is 9.13 Å². The van der Waals surface area contributed by atoms with Crippen molar-refractivity contribution in [2.75, 3.05) is 0 Å². The molecule has 0 fully saturated rings. The lowest BCUT2D eigenvalue weighted by Gasteiger charge is -2.13. The molecule has 0 unspecified atom stereocenters. The molecule has 0 atom stereocenters. The molecule has 47 heavy (non-hydrogen) atoms. The van der Waals surface area contributed by atoms with Crippen LogP contribution in [0.3, 0.4) is 0 Å². The van der Waals surface area contributed by atoms with Gasteiger partial charge in [0.2, 0.25) is 0 Å². The van der Waals surface area contributed by atoms with Gasteiger partial charge in [-0.1, -0.05) is 72.8 Å². The summed E-state index contributed by atoms with van der Waals surface area (Å²) in [5.41, 5.74) is 9.90. The number of hydrogen-bond acceptors (Lipinski definition) is 2. The van der Waals surface area contributed by atoms with Gasteiger partial charge in [-0.15, -0.1) is 0 Å². The van der Waals surface area contributed by atoms with E-state index in [-0.39, 0.29) is 0 Å². The number of aromatic nitrogens is 5. The van der Waals surface area contributed by atoms with E-state index in [4.69, 9.17) is 4.98 Å². The molecule has 0 aliphatic heterocycles. The molecule has 0 aliphatic carbocycles. The summed E-state index contributed by atoms with van der Waals surface area (Å²) in [5.74, 6) is 0.866. The molecular formula is C42H27N5. The van der Waals surface area contributed by atoms with Crippen molar-refractivity contribution >= 4 is 54.5 Å². The number of fused-ring (bicyclic) bond motifs is 8. The van der Waals surface area contributed by atoms with Crippen molar-refractivity contribution in [1.29, 1.82) is 0 Å². The predicted octanol–water partition coefficient (Wildman–Crippen LogP) is 10.3. The fourth-order valence-electron chi connectivity index (χ4n) is 7.30. The van der Waals surface area contributed by atoms with Crippen molar-refractivity contribution in [2.45, 2.75) is 0 Å². The minimum Gasteiger partial charge on any atom is -0.317 e. The highest BCUT2D eigenvalue weighted by Crippen LogP contribution is 2.42. The Morgan fingerprint density at radius 1 is 0.468 bits per heavy atom. The summed E-state index contributed by atoms with van der Waals surface area (Å²) in [5, 5.41) is 5.98. The smallest absolute Gasteiger partial charge is 0.138 e. The van der Waals surface area contributed by atoms with E-state index in [1.54, 1.807) is 6.20 Å². The lowest BCUT2D eigenvalue weighted by molar-refractivity contribution is 1.08. The number of benzene rings is 5. The first-order chi connectivity index (χ1) is 23.3. The molecule has 0 saturated heterocycles. The highest BCUT2D eigenvalue weighted by atomic mass is 15.1. The molecule has 10 rings (SSSR count). The topological polar surface area (TPSA) is 40.6 Å². The van der Waals surface area contributed by atoms with Crippen molar-refractivity contribution in [3.8, 4) is 28.5 Å². The summed E-state index contributed by atoms with van der Waals surface area (Å²) in [6.07, 6.45) is 5.84.